The smallest absolute Gasteiger partial charge is 0.251 e. The molecule has 3 N–H and O–H groups in total. The fraction of sp³-hybridized carbons (Fsp3) is 0.333. The van der Waals surface area contributed by atoms with Crippen LogP contribution in [0.3, 0.4) is 0 Å². The van der Waals surface area contributed by atoms with E-state index in [1.54, 1.807) is 19.1 Å². The molecule has 2 heterocycles. The molecule has 5 rings (SSSR count). The quantitative estimate of drug-likeness (QED) is 0.285. The van der Waals surface area contributed by atoms with Gasteiger partial charge in [-0.1, -0.05) is 0 Å². The number of ether oxygens (including phenoxy) is 1. The number of carbonyl (C=O) groups excluding carboxylic acids is 1. The van der Waals surface area contributed by atoms with Crippen molar-refractivity contribution in [2.45, 2.75) is 50.5 Å². The number of amides is 1. The Bertz CT molecular complexity index is 1650. The number of aryl methyl sites for hydroxylation is 1. The van der Waals surface area contributed by atoms with Gasteiger partial charge >= 0.3 is 0 Å². The number of rotatable bonds is 8. The third kappa shape index (κ3) is 5.22. The van der Waals surface area contributed by atoms with E-state index in [1.165, 1.54) is 39.2 Å². The molecule has 8 nitrogen and oxygen atoms in total. The SMILES string of the molecule is COc1cc(C(=O)NC[C@](O)(c2cc(C(C)(C)O)c(F)c(-c3ccc(F)cc3)n2)C2(F)CC2)cc2cc(C)nnc12. The van der Waals surface area contributed by atoms with Crippen LogP contribution >= 0.6 is 0 Å². The van der Waals surface area contributed by atoms with Crippen LogP contribution in [0.15, 0.2) is 48.5 Å². The molecule has 1 saturated carbocycles. The average Bonchev–Trinajstić information content (AvgIpc) is 3.69. The third-order valence-electron chi connectivity index (χ3n) is 7.35. The molecule has 1 aliphatic carbocycles. The second-order valence-corrected chi connectivity index (χ2v) is 10.9. The van der Waals surface area contributed by atoms with Crippen LogP contribution in [-0.2, 0) is 11.2 Å². The van der Waals surface area contributed by atoms with Crippen LogP contribution in [0.2, 0.25) is 0 Å². The number of aromatic nitrogens is 3. The number of benzene rings is 2. The molecule has 1 amide bonds. The first-order valence-electron chi connectivity index (χ1n) is 13.0. The zero-order valence-corrected chi connectivity index (χ0v) is 22.9. The molecule has 2 aromatic heterocycles. The molecule has 0 saturated heterocycles. The highest BCUT2D eigenvalue weighted by molar-refractivity contribution is 5.99. The van der Waals surface area contributed by atoms with Crippen molar-refractivity contribution in [3.8, 4) is 17.0 Å². The molecule has 0 bridgehead atoms. The van der Waals surface area contributed by atoms with E-state index >= 15 is 8.78 Å². The first-order chi connectivity index (χ1) is 19.3. The lowest BCUT2D eigenvalue weighted by molar-refractivity contribution is -0.0569. The van der Waals surface area contributed by atoms with Gasteiger partial charge in [0.2, 0.25) is 0 Å². The molecular formula is C30H29F3N4O4. The zero-order valence-electron chi connectivity index (χ0n) is 22.9. The van der Waals surface area contributed by atoms with Crippen LogP contribution in [0, 0.1) is 18.6 Å². The molecule has 4 aromatic rings. The third-order valence-corrected chi connectivity index (χ3v) is 7.35. The van der Waals surface area contributed by atoms with Gasteiger partial charge in [-0.3, -0.25) is 4.79 Å². The first kappa shape index (κ1) is 28.4. The molecule has 11 heteroatoms. The van der Waals surface area contributed by atoms with Crippen molar-refractivity contribution in [1.82, 2.24) is 20.5 Å². The molecular weight excluding hydrogens is 537 g/mol. The Morgan fingerprint density at radius 2 is 1.76 bits per heavy atom. The van der Waals surface area contributed by atoms with Gasteiger partial charge in [0.25, 0.3) is 5.91 Å². The van der Waals surface area contributed by atoms with Crippen LogP contribution in [0.4, 0.5) is 13.2 Å². The Balaban J connectivity index is 1.56. The van der Waals surface area contributed by atoms with Gasteiger partial charge in [0.05, 0.1) is 30.6 Å². The molecule has 2 aromatic carbocycles. The number of nitrogens with zero attached hydrogens (tertiary/aromatic N) is 3. The number of methoxy groups -OCH3 is 1. The number of carbonyl (C=O) groups is 1. The highest BCUT2D eigenvalue weighted by atomic mass is 19.1. The van der Waals surface area contributed by atoms with E-state index in [0.29, 0.717) is 22.3 Å². The highest BCUT2D eigenvalue weighted by Gasteiger charge is 2.62. The summed E-state index contributed by atoms with van der Waals surface area (Å²) in [4.78, 5) is 17.5. The maximum absolute atomic E-state index is 15.9. The Labute approximate surface area is 234 Å². The minimum absolute atomic E-state index is 0.0239. The van der Waals surface area contributed by atoms with Crippen LogP contribution < -0.4 is 10.1 Å². The van der Waals surface area contributed by atoms with Gasteiger partial charge in [0.1, 0.15) is 28.4 Å². The second kappa shape index (κ2) is 10.1. The summed E-state index contributed by atoms with van der Waals surface area (Å²) in [6.45, 7) is 3.82. The fourth-order valence-electron chi connectivity index (χ4n) is 4.81. The lowest BCUT2D eigenvalue weighted by atomic mass is 9.86. The lowest BCUT2D eigenvalue weighted by Gasteiger charge is -2.33. The number of nitrogens with one attached hydrogen (secondary N) is 1. The Kier molecular flexibility index (Phi) is 6.99. The topological polar surface area (TPSA) is 117 Å². The summed E-state index contributed by atoms with van der Waals surface area (Å²) in [5.41, 5.74) is -5.71. The zero-order chi connectivity index (χ0) is 29.7. The van der Waals surface area contributed by atoms with Gasteiger partial charge < -0.3 is 20.3 Å². The first-order valence-corrected chi connectivity index (χ1v) is 13.0. The second-order valence-electron chi connectivity index (χ2n) is 10.9. The average molecular weight is 567 g/mol. The van der Waals surface area contributed by atoms with Crippen molar-refractivity contribution in [2.24, 2.45) is 0 Å². The summed E-state index contributed by atoms with van der Waals surface area (Å²) in [5, 5.41) is 33.9. The van der Waals surface area contributed by atoms with Crippen molar-refractivity contribution in [2.75, 3.05) is 13.7 Å². The van der Waals surface area contributed by atoms with Crippen molar-refractivity contribution in [1.29, 1.82) is 0 Å². The van der Waals surface area contributed by atoms with E-state index in [-0.39, 0.29) is 40.9 Å². The normalized spacial score (nSPS) is 15.8. The maximum Gasteiger partial charge on any atom is 0.251 e. The summed E-state index contributed by atoms with van der Waals surface area (Å²) in [6, 6.07) is 10.7. The minimum atomic E-state index is -2.38. The van der Waals surface area contributed by atoms with E-state index < -0.39 is 41.0 Å². The number of hydrogen-bond acceptors (Lipinski definition) is 7. The largest absolute Gasteiger partial charge is 0.494 e. The maximum atomic E-state index is 15.9. The van der Waals surface area contributed by atoms with Crippen LogP contribution in [0.25, 0.3) is 22.2 Å². The summed E-state index contributed by atoms with van der Waals surface area (Å²) in [6.07, 6.45) is -0.0478. The van der Waals surface area contributed by atoms with Crippen LogP contribution in [0.1, 0.15) is 54.0 Å². The fourth-order valence-corrected chi connectivity index (χ4v) is 4.81. The van der Waals surface area contributed by atoms with E-state index in [9.17, 15) is 19.4 Å². The summed E-state index contributed by atoms with van der Waals surface area (Å²) in [5.74, 6) is -1.78. The van der Waals surface area contributed by atoms with Crippen molar-refractivity contribution >= 4 is 16.8 Å². The number of hydrogen-bond donors (Lipinski definition) is 3. The van der Waals surface area contributed by atoms with Gasteiger partial charge in [-0.15, -0.1) is 5.10 Å². The Morgan fingerprint density at radius 3 is 2.37 bits per heavy atom. The van der Waals surface area contributed by atoms with E-state index in [0.717, 1.165) is 18.2 Å². The lowest BCUT2D eigenvalue weighted by Crippen LogP contribution is -2.49. The molecule has 214 valence electrons. The number of pyridine rings is 1. The van der Waals surface area contributed by atoms with E-state index in [1.807, 2.05) is 0 Å². The molecule has 0 unspecified atom stereocenters. The number of fused-ring (bicyclic) bond motifs is 1. The molecule has 1 fully saturated rings. The van der Waals surface area contributed by atoms with Gasteiger partial charge in [-0.25, -0.2) is 18.2 Å². The number of halogens is 3. The van der Waals surface area contributed by atoms with Crippen molar-refractivity contribution in [3.05, 3.63) is 82.7 Å². The summed E-state index contributed by atoms with van der Waals surface area (Å²) < 4.78 is 50.5. The summed E-state index contributed by atoms with van der Waals surface area (Å²) >= 11 is 0. The summed E-state index contributed by atoms with van der Waals surface area (Å²) in [7, 11) is 1.43. The molecule has 0 aliphatic heterocycles. The van der Waals surface area contributed by atoms with Crippen molar-refractivity contribution < 1.29 is 32.9 Å². The molecule has 0 spiro atoms. The van der Waals surface area contributed by atoms with E-state index in [4.69, 9.17) is 4.74 Å². The minimum Gasteiger partial charge on any atom is -0.494 e. The predicted octanol–water partition coefficient (Wildman–Crippen LogP) is 4.63. The van der Waals surface area contributed by atoms with Crippen LogP contribution in [0.5, 0.6) is 5.75 Å². The van der Waals surface area contributed by atoms with Gasteiger partial charge in [-0.2, -0.15) is 5.10 Å². The Hall–Kier alpha value is -4.09. The molecule has 1 aliphatic rings. The van der Waals surface area contributed by atoms with Gasteiger partial charge in [-0.05, 0) is 82.1 Å². The monoisotopic (exact) mass is 566 g/mol. The molecule has 0 radical (unpaired) electrons. The molecule has 1 atom stereocenters. The van der Waals surface area contributed by atoms with E-state index in [2.05, 4.69) is 20.5 Å². The van der Waals surface area contributed by atoms with Gasteiger partial charge in [0.15, 0.2) is 11.4 Å². The standard InChI is InChI=1S/C30H29F3N4O4/c1-16-11-18-12-19(13-22(41-4)25(18)37-36-16)27(38)34-15-30(40,29(33)9-10-29)23-14-21(28(2,3)39)24(32)26(35-23)17-5-7-20(31)8-6-17/h5-8,11-14,39-40H,9-10,15H2,1-4H3,(H,34,38)/t30-/m0/s1. The predicted molar refractivity (Wildman–Crippen MR) is 145 cm³/mol. The highest BCUT2D eigenvalue weighted by Crippen LogP contribution is 2.53. The van der Waals surface area contributed by atoms with Crippen molar-refractivity contribution in [3.63, 3.8) is 0 Å². The van der Waals surface area contributed by atoms with Gasteiger partial charge in [0, 0.05) is 22.1 Å². The number of alkyl halides is 1. The number of aliphatic hydroxyl groups is 2. The van der Waals surface area contributed by atoms with Crippen LogP contribution in [-0.4, -0.2) is 50.6 Å². The molecule has 41 heavy (non-hydrogen) atoms. The Morgan fingerprint density at radius 1 is 1.07 bits per heavy atom.